The Bertz CT molecular complexity index is 563. The lowest BCUT2D eigenvalue weighted by Crippen LogP contribution is -2.28. The molecule has 1 heterocycles. The van der Waals surface area contributed by atoms with Crippen LogP contribution in [0, 0.1) is 5.82 Å². The van der Waals surface area contributed by atoms with Crippen LogP contribution < -0.4 is 5.32 Å². The van der Waals surface area contributed by atoms with Gasteiger partial charge in [-0.3, -0.25) is 0 Å². The van der Waals surface area contributed by atoms with E-state index in [1.807, 2.05) is 29.9 Å². The maximum atomic E-state index is 14.1. The molecule has 21 heavy (non-hydrogen) atoms. The summed E-state index contributed by atoms with van der Waals surface area (Å²) in [4.78, 5) is 4.35. The Morgan fingerprint density at radius 3 is 2.67 bits per heavy atom. The Hall–Kier alpha value is -1.68. The molecule has 1 aromatic heterocycles. The molecule has 0 aliphatic heterocycles. The zero-order chi connectivity index (χ0) is 15.2. The Kier molecular flexibility index (Phi) is 5.51. The van der Waals surface area contributed by atoms with E-state index >= 15 is 0 Å². The monoisotopic (exact) mass is 289 g/mol. The second-order valence-corrected chi connectivity index (χ2v) is 5.77. The van der Waals surface area contributed by atoms with Crippen LogP contribution in [0.15, 0.2) is 36.7 Å². The Morgan fingerprint density at radius 2 is 2.05 bits per heavy atom. The van der Waals surface area contributed by atoms with E-state index in [1.54, 1.807) is 18.3 Å². The van der Waals surface area contributed by atoms with Gasteiger partial charge in [0.1, 0.15) is 11.6 Å². The summed E-state index contributed by atoms with van der Waals surface area (Å²) < 4.78 is 16.1. The number of hydrogen-bond acceptors (Lipinski definition) is 2. The van der Waals surface area contributed by atoms with E-state index in [1.165, 1.54) is 0 Å². The van der Waals surface area contributed by atoms with Crippen molar-refractivity contribution < 1.29 is 4.39 Å². The van der Waals surface area contributed by atoms with Gasteiger partial charge < -0.3 is 9.88 Å². The summed E-state index contributed by atoms with van der Waals surface area (Å²) in [5.74, 6) is 1.08. The number of aromatic nitrogens is 2. The van der Waals surface area contributed by atoms with Crippen molar-refractivity contribution in [2.75, 3.05) is 6.54 Å². The van der Waals surface area contributed by atoms with Gasteiger partial charge in [0.25, 0.3) is 0 Å². The first-order valence-electron chi connectivity index (χ1n) is 7.52. The number of nitrogens with zero attached hydrogens (tertiary/aromatic N) is 2. The zero-order valence-electron chi connectivity index (χ0n) is 13.0. The van der Waals surface area contributed by atoms with E-state index in [0.717, 1.165) is 30.8 Å². The van der Waals surface area contributed by atoms with Crippen LogP contribution in [0.5, 0.6) is 0 Å². The molecule has 3 nitrogen and oxygen atoms in total. The van der Waals surface area contributed by atoms with Crippen LogP contribution in [-0.4, -0.2) is 22.1 Å². The fraction of sp³-hybridized carbons (Fsp3) is 0.471. The number of halogens is 1. The van der Waals surface area contributed by atoms with E-state index < -0.39 is 0 Å². The van der Waals surface area contributed by atoms with Gasteiger partial charge in [0.05, 0.1) is 0 Å². The number of imidazole rings is 1. The van der Waals surface area contributed by atoms with Crippen LogP contribution in [0.3, 0.4) is 0 Å². The molecule has 0 amide bonds. The SMILES string of the molecule is CC(C)NCC(CCc1nccn1C)c1ccccc1F. The molecule has 0 saturated heterocycles. The molecule has 2 aromatic rings. The maximum Gasteiger partial charge on any atom is 0.126 e. The second kappa shape index (κ2) is 7.36. The summed E-state index contributed by atoms with van der Waals surface area (Å²) in [5, 5.41) is 3.42. The molecule has 1 atom stereocenters. The summed E-state index contributed by atoms with van der Waals surface area (Å²) in [7, 11) is 1.99. The molecule has 1 unspecified atom stereocenters. The molecule has 0 saturated carbocycles. The molecule has 1 aromatic carbocycles. The number of benzene rings is 1. The van der Waals surface area contributed by atoms with Crippen LogP contribution in [-0.2, 0) is 13.5 Å². The van der Waals surface area contributed by atoms with Crippen molar-refractivity contribution in [2.45, 2.75) is 38.6 Å². The van der Waals surface area contributed by atoms with E-state index in [9.17, 15) is 4.39 Å². The maximum absolute atomic E-state index is 14.1. The van der Waals surface area contributed by atoms with Gasteiger partial charge in [-0.25, -0.2) is 9.37 Å². The first-order valence-corrected chi connectivity index (χ1v) is 7.52. The first-order chi connectivity index (χ1) is 10.1. The average Bonchev–Trinajstić information content (AvgIpc) is 2.85. The highest BCUT2D eigenvalue weighted by atomic mass is 19.1. The highest BCUT2D eigenvalue weighted by Crippen LogP contribution is 2.23. The van der Waals surface area contributed by atoms with Crippen LogP contribution in [0.1, 0.15) is 37.6 Å². The smallest absolute Gasteiger partial charge is 0.126 e. The van der Waals surface area contributed by atoms with Crippen LogP contribution >= 0.6 is 0 Å². The Balaban J connectivity index is 2.09. The minimum Gasteiger partial charge on any atom is -0.338 e. The van der Waals surface area contributed by atoms with Gasteiger partial charge in [-0.1, -0.05) is 32.0 Å². The molecule has 1 N–H and O–H groups in total. The summed E-state index contributed by atoms with van der Waals surface area (Å²) in [6.45, 7) is 5.00. The van der Waals surface area contributed by atoms with Gasteiger partial charge in [-0.2, -0.15) is 0 Å². The van der Waals surface area contributed by atoms with E-state index in [0.29, 0.717) is 6.04 Å². The van der Waals surface area contributed by atoms with E-state index in [-0.39, 0.29) is 11.7 Å². The molecule has 0 aliphatic carbocycles. The normalized spacial score (nSPS) is 12.8. The topological polar surface area (TPSA) is 29.9 Å². The fourth-order valence-electron chi connectivity index (χ4n) is 2.49. The lowest BCUT2D eigenvalue weighted by atomic mass is 9.93. The van der Waals surface area contributed by atoms with E-state index in [2.05, 4.69) is 24.1 Å². The average molecular weight is 289 g/mol. The third-order valence-corrected chi connectivity index (χ3v) is 3.75. The van der Waals surface area contributed by atoms with Crippen molar-refractivity contribution >= 4 is 0 Å². The van der Waals surface area contributed by atoms with Crippen molar-refractivity contribution in [2.24, 2.45) is 7.05 Å². The quantitative estimate of drug-likeness (QED) is 0.848. The number of aryl methyl sites for hydroxylation is 2. The molecule has 0 aliphatic rings. The number of nitrogens with one attached hydrogen (secondary N) is 1. The van der Waals surface area contributed by atoms with Crippen molar-refractivity contribution in [3.05, 3.63) is 53.9 Å². The molecule has 2 rings (SSSR count). The number of rotatable bonds is 7. The lowest BCUT2D eigenvalue weighted by molar-refractivity contribution is 0.484. The third kappa shape index (κ3) is 4.39. The molecule has 114 valence electrons. The van der Waals surface area contributed by atoms with Gasteiger partial charge in [0.15, 0.2) is 0 Å². The van der Waals surface area contributed by atoms with Gasteiger partial charge in [-0.15, -0.1) is 0 Å². The molecular formula is C17H24FN3. The minimum absolute atomic E-state index is 0.118. The summed E-state index contributed by atoms with van der Waals surface area (Å²) in [6.07, 6.45) is 5.48. The van der Waals surface area contributed by atoms with Gasteiger partial charge in [0, 0.05) is 38.4 Å². The zero-order valence-corrected chi connectivity index (χ0v) is 13.0. The van der Waals surface area contributed by atoms with Crippen molar-refractivity contribution in [1.82, 2.24) is 14.9 Å². The minimum atomic E-state index is -0.118. The molecule has 0 fully saturated rings. The van der Waals surface area contributed by atoms with Crippen LogP contribution in [0.2, 0.25) is 0 Å². The molecule has 0 bridgehead atoms. The molecule has 0 radical (unpaired) electrons. The predicted molar refractivity (Wildman–Crippen MR) is 83.8 cm³/mol. The summed E-state index contributed by atoms with van der Waals surface area (Å²) in [6, 6.07) is 7.47. The summed E-state index contributed by atoms with van der Waals surface area (Å²) >= 11 is 0. The van der Waals surface area contributed by atoms with Gasteiger partial charge in [0.2, 0.25) is 0 Å². The molecular weight excluding hydrogens is 265 g/mol. The third-order valence-electron chi connectivity index (χ3n) is 3.75. The largest absolute Gasteiger partial charge is 0.338 e. The predicted octanol–water partition coefficient (Wildman–Crippen LogP) is 3.27. The van der Waals surface area contributed by atoms with Crippen LogP contribution in [0.4, 0.5) is 4.39 Å². The number of hydrogen-bond donors (Lipinski definition) is 1. The highest BCUT2D eigenvalue weighted by Gasteiger charge is 2.16. The second-order valence-electron chi connectivity index (χ2n) is 5.77. The fourth-order valence-corrected chi connectivity index (χ4v) is 2.49. The van der Waals surface area contributed by atoms with Gasteiger partial charge >= 0.3 is 0 Å². The first kappa shape index (κ1) is 15.7. The summed E-state index contributed by atoms with van der Waals surface area (Å²) in [5.41, 5.74) is 0.792. The highest BCUT2D eigenvalue weighted by molar-refractivity contribution is 5.22. The molecule has 4 heteroatoms. The Morgan fingerprint density at radius 1 is 1.29 bits per heavy atom. The lowest BCUT2D eigenvalue weighted by Gasteiger charge is -2.20. The Labute approximate surface area is 126 Å². The van der Waals surface area contributed by atoms with Crippen LogP contribution in [0.25, 0.3) is 0 Å². The van der Waals surface area contributed by atoms with Gasteiger partial charge in [-0.05, 0) is 24.0 Å². The van der Waals surface area contributed by atoms with Crippen molar-refractivity contribution in [1.29, 1.82) is 0 Å². The van der Waals surface area contributed by atoms with E-state index in [4.69, 9.17) is 0 Å². The van der Waals surface area contributed by atoms with Crippen molar-refractivity contribution in [3.63, 3.8) is 0 Å². The molecule has 0 spiro atoms. The standard InChI is InChI=1S/C17H24FN3/c1-13(2)20-12-14(15-6-4-5-7-16(15)18)8-9-17-19-10-11-21(17)3/h4-7,10-11,13-14,20H,8-9,12H2,1-3H3. The van der Waals surface area contributed by atoms with Crippen molar-refractivity contribution in [3.8, 4) is 0 Å².